The smallest absolute Gasteiger partial charge is 0.340 e. The van der Waals surface area contributed by atoms with Gasteiger partial charge >= 0.3 is 11.7 Å². The Balaban J connectivity index is 1.59. The average molecular weight is 495 g/mol. The van der Waals surface area contributed by atoms with Crippen LogP contribution in [0.4, 0.5) is 10.1 Å². The molecule has 3 aromatic carbocycles. The SMILES string of the molecule is COC(=O)c1cccc(Cn2c(=O)n(-c3ccc(N4CCNCC4)cc3)c3cc(Cl)ccc32)c1F. The predicted octanol–water partition coefficient (Wildman–Crippen LogP) is 3.83. The van der Waals surface area contributed by atoms with Crippen LogP contribution in [0.5, 0.6) is 0 Å². The van der Waals surface area contributed by atoms with Crippen molar-refractivity contribution in [2.24, 2.45) is 0 Å². The highest BCUT2D eigenvalue weighted by molar-refractivity contribution is 6.31. The van der Waals surface area contributed by atoms with Crippen LogP contribution in [-0.2, 0) is 11.3 Å². The third-order valence-electron chi connectivity index (χ3n) is 6.29. The summed E-state index contributed by atoms with van der Waals surface area (Å²) >= 11 is 6.27. The molecule has 0 unspecified atom stereocenters. The van der Waals surface area contributed by atoms with E-state index in [-0.39, 0.29) is 23.4 Å². The Hall–Kier alpha value is -3.62. The summed E-state index contributed by atoms with van der Waals surface area (Å²) in [6.07, 6.45) is 0. The van der Waals surface area contributed by atoms with E-state index in [2.05, 4.69) is 15.0 Å². The van der Waals surface area contributed by atoms with Gasteiger partial charge in [-0.3, -0.25) is 9.13 Å². The molecule has 9 heteroatoms. The standard InChI is InChI=1S/C26H24ClFN4O3/c1-35-25(33)21-4-2-3-17(24(21)28)16-31-22-10-5-18(27)15-23(22)32(26(31)34)20-8-6-19(7-9-20)30-13-11-29-12-14-30/h2-10,15,29H,11-14,16H2,1H3. The first-order valence-corrected chi connectivity index (χ1v) is 11.7. The number of hydrogen-bond donors (Lipinski definition) is 1. The first-order chi connectivity index (χ1) is 17.0. The Morgan fingerprint density at radius 3 is 2.46 bits per heavy atom. The number of imidazole rings is 1. The average Bonchev–Trinajstić information content (AvgIpc) is 3.15. The summed E-state index contributed by atoms with van der Waals surface area (Å²) in [5, 5.41) is 3.83. The van der Waals surface area contributed by atoms with E-state index in [4.69, 9.17) is 11.6 Å². The lowest BCUT2D eigenvalue weighted by atomic mass is 10.1. The molecule has 0 aliphatic carbocycles. The molecule has 0 radical (unpaired) electrons. The monoisotopic (exact) mass is 494 g/mol. The van der Waals surface area contributed by atoms with Crippen LogP contribution < -0.4 is 15.9 Å². The molecule has 35 heavy (non-hydrogen) atoms. The quantitative estimate of drug-likeness (QED) is 0.427. The number of methoxy groups -OCH3 is 1. The van der Waals surface area contributed by atoms with Gasteiger partial charge < -0.3 is 15.0 Å². The molecular formula is C26H24ClFN4O3. The second-order valence-electron chi connectivity index (χ2n) is 8.36. The van der Waals surface area contributed by atoms with Crippen molar-refractivity contribution in [3.8, 4) is 5.69 Å². The van der Waals surface area contributed by atoms with E-state index < -0.39 is 11.8 Å². The van der Waals surface area contributed by atoms with E-state index >= 15 is 4.39 Å². The first-order valence-electron chi connectivity index (χ1n) is 11.3. The molecule has 5 rings (SSSR count). The molecule has 180 valence electrons. The molecule has 1 aromatic heterocycles. The number of halogens is 2. The summed E-state index contributed by atoms with van der Waals surface area (Å²) in [5.74, 6) is -1.48. The number of fused-ring (bicyclic) bond motifs is 1. The Kier molecular flexibility index (Phi) is 6.32. The van der Waals surface area contributed by atoms with Crippen LogP contribution in [0.2, 0.25) is 5.02 Å². The van der Waals surface area contributed by atoms with Gasteiger partial charge in [0.15, 0.2) is 0 Å². The van der Waals surface area contributed by atoms with Crippen LogP contribution in [0.3, 0.4) is 0 Å². The number of hydrogen-bond acceptors (Lipinski definition) is 5. The molecule has 1 aliphatic rings. The summed E-state index contributed by atoms with van der Waals surface area (Å²) in [6, 6.07) is 17.4. The topological polar surface area (TPSA) is 68.5 Å². The van der Waals surface area contributed by atoms with Crippen LogP contribution >= 0.6 is 11.6 Å². The molecule has 1 fully saturated rings. The zero-order valence-corrected chi connectivity index (χ0v) is 19.9. The molecule has 7 nitrogen and oxygen atoms in total. The van der Waals surface area contributed by atoms with Gasteiger partial charge in [-0.15, -0.1) is 0 Å². The highest BCUT2D eigenvalue weighted by atomic mass is 35.5. The minimum Gasteiger partial charge on any atom is -0.465 e. The third-order valence-corrected chi connectivity index (χ3v) is 6.53. The molecule has 0 saturated carbocycles. The number of anilines is 1. The lowest BCUT2D eigenvalue weighted by Crippen LogP contribution is -2.43. The lowest BCUT2D eigenvalue weighted by Gasteiger charge is -2.29. The second-order valence-corrected chi connectivity index (χ2v) is 8.80. The van der Waals surface area contributed by atoms with Gasteiger partial charge in [0.25, 0.3) is 0 Å². The van der Waals surface area contributed by atoms with E-state index in [1.807, 2.05) is 24.3 Å². The molecule has 0 atom stereocenters. The predicted molar refractivity (Wildman–Crippen MR) is 134 cm³/mol. The van der Waals surface area contributed by atoms with Crippen molar-refractivity contribution < 1.29 is 13.9 Å². The summed E-state index contributed by atoms with van der Waals surface area (Å²) < 4.78 is 22.8. The van der Waals surface area contributed by atoms with E-state index in [1.54, 1.807) is 34.9 Å². The zero-order valence-electron chi connectivity index (χ0n) is 19.1. The molecule has 4 aromatic rings. The summed E-state index contributed by atoms with van der Waals surface area (Å²) in [6.45, 7) is 3.65. The summed E-state index contributed by atoms with van der Waals surface area (Å²) in [7, 11) is 1.20. The number of carbonyl (C=O) groups excluding carboxylic acids is 1. The van der Waals surface area contributed by atoms with Gasteiger partial charge in [0, 0.05) is 42.5 Å². The molecule has 0 spiro atoms. The van der Waals surface area contributed by atoms with Crippen molar-refractivity contribution in [3.05, 3.63) is 93.1 Å². The van der Waals surface area contributed by atoms with Crippen molar-refractivity contribution in [1.82, 2.24) is 14.5 Å². The van der Waals surface area contributed by atoms with Crippen LogP contribution in [0, 0.1) is 5.82 Å². The van der Waals surface area contributed by atoms with Crippen LogP contribution in [-0.4, -0.2) is 48.4 Å². The molecule has 2 heterocycles. The van der Waals surface area contributed by atoms with Crippen molar-refractivity contribution in [2.45, 2.75) is 6.54 Å². The van der Waals surface area contributed by atoms with E-state index in [0.717, 1.165) is 31.9 Å². The highest BCUT2D eigenvalue weighted by Gasteiger charge is 2.20. The summed E-state index contributed by atoms with van der Waals surface area (Å²) in [4.78, 5) is 27.8. The van der Waals surface area contributed by atoms with Crippen LogP contribution in [0.15, 0.2) is 65.5 Å². The number of nitrogens with one attached hydrogen (secondary N) is 1. The maximum absolute atomic E-state index is 15.1. The number of piperazine rings is 1. The van der Waals surface area contributed by atoms with Gasteiger partial charge in [0.1, 0.15) is 5.82 Å². The number of ether oxygens (including phenoxy) is 1. The van der Waals surface area contributed by atoms with Crippen molar-refractivity contribution in [1.29, 1.82) is 0 Å². The summed E-state index contributed by atoms with van der Waals surface area (Å²) in [5.41, 5.74) is 2.69. The van der Waals surface area contributed by atoms with E-state index in [1.165, 1.54) is 17.7 Å². The molecule has 0 amide bonds. The molecule has 1 N–H and O–H groups in total. The molecule has 1 aliphatic heterocycles. The van der Waals surface area contributed by atoms with Gasteiger partial charge in [-0.25, -0.2) is 14.0 Å². The van der Waals surface area contributed by atoms with Crippen LogP contribution in [0.25, 0.3) is 16.7 Å². The fraction of sp³-hybridized carbons (Fsp3) is 0.231. The third kappa shape index (κ3) is 4.31. The van der Waals surface area contributed by atoms with Crippen molar-refractivity contribution >= 4 is 34.3 Å². The Morgan fingerprint density at radius 2 is 1.74 bits per heavy atom. The normalized spacial score (nSPS) is 13.9. The highest BCUT2D eigenvalue weighted by Crippen LogP contribution is 2.25. The van der Waals surface area contributed by atoms with Gasteiger partial charge in [-0.2, -0.15) is 0 Å². The lowest BCUT2D eigenvalue weighted by molar-refractivity contribution is 0.0595. The fourth-order valence-electron chi connectivity index (χ4n) is 4.51. The van der Waals surface area contributed by atoms with Crippen LogP contribution in [0.1, 0.15) is 15.9 Å². The Bertz CT molecular complexity index is 1460. The minimum absolute atomic E-state index is 0.0561. The van der Waals surface area contributed by atoms with Gasteiger partial charge in [-0.1, -0.05) is 23.7 Å². The Morgan fingerprint density at radius 1 is 1.03 bits per heavy atom. The van der Waals surface area contributed by atoms with Gasteiger partial charge in [0.2, 0.25) is 0 Å². The molecule has 1 saturated heterocycles. The van der Waals surface area contributed by atoms with Gasteiger partial charge in [0.05, 0.1) is 35.9 Å². The minimum atomic E-state index is -0.768. The maximum Gasteiger partial charge on any atom is 0.340 e. The number of nitrogens with zero attached hydrogens (tertiary/aromatic N) is 3. The zero-order chi connectivity index (χ0) is 24.5. The van der Waals surface area contributed by atoms with Gasteiger partial charge in [-0.05, 0) is 48.5 Å². The second kappa shape index (κ2) is 9.56. The first kappa shape index (κ1) is 23.1. The van der Waals surface area contributed by atoms with Crippen molar-refractivity contribution in [3.63, 3.8) is 0 Å². The van der Waals surface area contributed by atoms with E-state index in [0.29, 0.717) is 21.7 Å². The maximum atomic E-state index is 15.1. The Labute approximate surface area is 206 Å². The number of esters is 1. The number of rotatable bonds is 5. The fourth-order valence-corrected chi connectivity index (χ4v) is 4.67. The number of carbonyl (C=O) groups is 1. The molecule has 0 bridgehead atoms. The van der Waals surface area contributed by atoms with E-state index in [9.17, 15) is 9.59 Å². The molecular weight excluding hydrogens is 471 g/mol. The number of benzene rings is 3. The van der Waals surface area contributed by atoms with Crippen molar-refractivity contribution in [2.75, 3.05) is 38.2 Å². The largest absolute Gasteiger partial charge is 0.465 e. The number of aromatic nitrogens is 2.